The minimum absolute atomic E-state index is 0.500. The summed E-state index contributed by atoms with van der Waals surface area (Å²) in [6.07, 6.45) is -9.59. The summed E-state index contributed by atoms with van der Waals surface area (Å²) >= 11 is 0. The number of rotatable bonds is 5. The summed E-state index contributed by atoms with van der Waals surface area (Å²) in [5.74, 6) is -5.62. The Morgan fingerprint density at radius 3 is 2.39 bits per heavy atom. The van der Waals surface area contributed by atoms with Crippen molar-refractivity contribution in [3.05, 3.63) is 11.8 Å². The summed E-state index contributed by atoms with van der Waals surface area (Å²) in [6, 6.07) is 0. The molecule has 0 aromatic rings. The maximum Gasteiger partial charge on any atom is 0.340 e. The summed E-state index contributed by atoms with van der Waals surface area (Å²) in [7, 11) is 2.09. The van der Waals surface area contributed by atoms with E-state index in [1.165, 1.54) is 0 Å². The van der Waals surface area contributed by atoms with Crippen molar-refractivity contribution in [1.82, 2.24) is 0 Å². The fourth-order valence-electron chi connectivity index (χ4n) is 4.11. The zero-order valence-electron chi connectivity index (χ0n) is 16.6. The van der Waals surface area contributed by atoms with Crippen LogP contribution in [0.2, 0.25) is 0 Å². The third-order valence-corrected chi connectivity index (χ3v) is 5.80. The number of ether oxygens (including phenoxy) is 5. The minimum atomic E-state index is -2.52. The van der Waals surface area contributed by atoms with Gasteiger partial charge in [-0.2, -0.15) is 0 Å². The smallest absolute Gasteiger partial charge is 0.340 e. The number of Topliss-reactive ketones (excluding diaryl/α,β-unsaturated/α-hetero) is 1. The second kappa shape index (κ2) is 8.78. The van der Waals surface area contributed by atoms with E-state index in [2.05, 4.69) is 9.47 Å². The monoisotopic (exact) mass is 448 g/mol. The van der Waals surface area contributed by atoms with Gasteiger partial charge < -0.3 is 49.2 Å². The molecule has 0 aromatic heterocycles. The lowest BCUT2D eigenvalue weighted by Crippen LogP contribution is -2.61. The van der Waals surface area contributed by atoms with E-state index >= 15 is 0 Å². The lowest BCUT2D eigenvalue weighted by atomic mass is 9.78. The van der Waals surface area contributed by atoms with E-state index in [1.54, 1.807) is 0 Å². The van der Waals surface area contributed by atoms with E-state index in [9.17, 15) is 39.9 Å². The van der Waals surface area contributed by atoms with Crippen LogP contribution in [0.15, 0.2) is 11.8 Å². The number of hydrogen-bond donors (Lipinski definition) is 5. The molecular formula is C18H24O13. The van der Waals surface area contributed by atoms with Gasteiger partial charge in [-0.15, -0.1) is 0 Å². The van der Waals surface area contributed by atoms with Crippen molar-refractivity contribution in [1.29, 1.82) is 0 Å². The predicted octanol–water partition coefficient (Wildman–Crippen LogP) is -3.67. The molecule has 0 radical (unpaired) electrons. The SMILES string of the molecule is COC(=O)C1=CO[C@@H](O[C@@H]2O[C@H](CO)[C@@H](O)[C@H](O)[C@H]2O)[C@@H]2[C@@H](C(=O)OC)CC(=O)[C@]12O. The van der Waals surface area contributed by atoms with E-state index in [-0.39, 0.29) is 0 Å². The van der Waals surface area contributed by atoms with Crippen LogP contribution in [0.1, 0.15) is 6.42 Å². The highest BCUT2D eigenvalue weighted by Crippen LogP contribution is 2.49. The molecule has 3 rings (SSSR count). The van der Waals surface area contributed by atoms with Crippen molar-refractivity contribution < 1.29 is 63.6 Å². The highest BCUT2D eigenvalue weighted by molar-refractivity contribution is 6.06. The van der Waals surface area contributed by atoms with Crippen LogP contribution in [0.4, 0.5) is 0 Å². The molecule has 1 saturated carbocycles. The van der Waals surface area contributed by atoms with E-state index < -0.39 is 90.8 Å². The third-order valence-electron chi connectivity index (χ3n) is 5.80. The summed E-state index contributed by atoms with van der Waals surface area (Å²) in [5.41, 5.74) is -3.08. The molecule has 2 fully saturated rings. The van der Waals surface area contributed by atoms with Gasteiger partial charge in [-0.05, 0) is 0 Å². The number of carbonyl (C=O) groups is 3. The Balaban J connectivity index is 1.96. The van der Waals surface area contributed by atoms with E-state index in [0.717, 1.165) is 20.5 Å². The van der Waals surface area contributed by atoms with Gasteiger partial charge in [0.1, 0.15) is 36.3 Å². The second-order valence-electron chi connectivity index (χ2n) is 7.41. The Bertz CT molecular complexity index is 764. The zero-order valence-corrected chi connectivity index (χ0v) is 16.6. The van der Waals surface area contributed by atoms with Crippen molar-refractivity contribution in [2.75, 3.05) is 20.8 Å². The average Bonchev–Trinajstić information content (AvgIpc) is 3.04. The second-order valence-corrected chi connectivity index (χ2v) is 7.41. The first-order valence-corrected chi connectivity index (χ1v) is 9.35. The Morgan fingerprint density at radius 2 is 1.81 bits per heavy atom. The van der Waals surface area contributed by atoms with Crippen LogP contribution in [-0.2, 0) is 38.1 Å². The molecule has 5 N–H and O–H groups in total. The molecule has 0 bridgehead atoms. The predicted molar refractivity (Wildman–Crippen MR) is 93.4 cm³/mol. The average molecular weight is 448 g/mol. The third kappa shape index (κ3) is 3.71. The number of aliphatic hydroxyl groups is 5. The Kier molecular flexibility index (Phi) is 6.67. The first kappa shape index (κ1) is 23.5. The first-order chi connectivity index (χ1) is 14.6. The molecule has 1 aliphatic carbocycles. The van der Waals surface area contributed by atoms with Crippen LogP contribution < -0.4 is 0 Å². The molecule has 0 amide bonds. The molecule has 3 aliphatic rings. The van der Waals surface area contributed by atoms with Crippen LogP contribution in [0.25, 0.3) is 0 Å². The lowest BCUT2D eigenvalue weighted by Gasteiger charge is -2.44. The fourth-order valence-corrected chi connectivity index (χ4v) is 4.11. The quantitative estimate of drug-likeness (QED) is 0.258. The first-order valence-electron chi connectivity index (χ1n) is 9.35. The maximum absolute atomic E-state index is 12.7. The van der Waals surface area contributed by atoms with Gasteiger partial charge in [0.2, 0.25) is 6.29 Å². The molecule has 13 heteroatoms. The number of aliphatic hydroxyl groups excluding tert-OH is 4. The van der Waals surface area contributed by atoms with Crippen LogP contribution in [0.5, 0.6) is 0 Å². The number of hydrogen-bond acceptors (Lipinski definition) is 13. The van der Waals surface area contributed by atoms with Gasteiger partial charge in [-0.1, -0.05) is 0 Å². The van der Waals surface area contributed by atoms with Gasteiger partial charge in [0, 0.05) is 6.42 Å². The van der Waals surface area contributed by atoms with Crippen molar-refractivity contribution in [2.24, 2.45) is 11.8 Å². The molecule has 2 heterocycles. The molecule has 0 spiro atoms. The number of ketones is 1. The summed E-state index contributed by atoms with van der Waals surface area (Å²) in [4.78, 5) is 37.1. The molecule has 9 atom stereocenters. The zero-order chi connectivity index (χ0) is 23.1. The Hall–Kier alpha value is -2.13. The van der Waals surface area contributed by atoms with Crippen LogP contribution >= 0.6 is 0 Å². The number of esters is 2. The number of methoxy groups -OCH3 is 2. The lowest BCUT2D eigenvalue weighted by molar-refractivity contribution is -0.346. The topological polar surface area (TPSA) is 199 Å². The highest BCUT2D eigenvalue weighted by Gasteiger charge is 2.66. The Morgan fingerprint density at radius 1 is 1.13 bits per heavy atom. The van der Waals surface area contributed by atoms with Gasteiger partial charge >= 0.3 is 11.9 Å². The summed E-state index contributed by atoms with van der Waals surface area (Å²) < 4.78 is 25.4. The van der Waals surface area contributed by atoms with Gasteiger partial charge in [0.15, 0.2) is 17.7 Å². The molecule has 13 nitrogen and oxygen atoms in total. The summed E-state index contributed by atoms with van der Waals surface area (Å²) in [6.45, 7) is -0.723. The fraction of sp³-hybridized carbons (Fsp3) is 0.722. The molecule has 31 heavy (non-hydrogen) atoms. The van der Waals surface area contributed by atoms with Crippen LogP contribution in [-0.4, -0.2) is 107 Å². The van der Waals surface area contributed by atoms with E-state index in [0.29, 0.717) is 0 Å². The molecular weight excluding hydrogens is 424 g/mol. The van der Waals surface area contributed by atoms with Crippen LogP contribution in [0, 0.1) is 11.8 Å². The van der Waals surface area contributed by atoms with Crippen molar-refractivity contribution in [2.45, 2.75) is 49.0 Å². The van der Waals surface area contributed by atoms with Gasteiger partial charge in [-0.3, -0.25) is 9.59 Å². The van der Waals surface area contributed by atoms with Crippen molar-refractivity contribution >= 4 is 17.7 Å². The Labute approximate surface area is 175 Å². The van der Waals surface area contributed by atoms with E-state index in [1.807, 2.05) is 0 Å². The van der Waals surface area contributed by atoms with Gasteiger partial charge in [0.05, 0.1) is 32.7 Å². The molecule has 0 aromatic carbocycles. The van der Waals surface area contributed by atoms with Crippen molar-refractivity contribution in [3.8, 4) is 0 Å². The normalized spacial score (nSPS) is 42.3. The molecule has 0 unspecified atom stereocenters. The minimum Gasteiger partial charge on any atom is -0.471 e. The molecule has 2 aliphatic heterocycles. The van der Waals surface area contributed by atoms with Gasteiger partial charge in [0.25, 0.3) is 0 Å². The van der Waals surface area contributed by atoms with Gasteiger partial charge in [-0.25, -0.2) is 4.79 Å². The maximum atomic E-state index is 12.7. The molecule has 1 saturated heterocycles. The number of fused-ring (bicyclic) bond motifs is 1. The largest absolute Gasteiger partial charge is 0.471 e. The number of carbonyl (C=O) groups excluding carboxylic acids is 3. The van der Waals surface area contributed by atoms with E-state index in [4.69, 9.17) is 14.2 Å². The highest BCUT2D eigenvalue weighted by atomic mass is 16.8. The van der Waals surface area contributed by atoms with Crippen molar-refractivity contribution in [3.63, 3.8) is 0 Å². The van der Waals surface area contributed by atoms with Crippen LogP contribution in [0.3, 0.4) is 0 Å². The summed E-state index contributed by atoms with van der Waals surface area (Å²) in [5, 5.41) is 50.5. The standard InChI is InChI=1S/C18H24O13/c1-27-14(24)6-3-9(20)18(26)7(15(25)28-2)5-29-16(10(6)18)31-17-13(23)12(22)11(21)8(4-19)30-17/h5-6,8,10-13,16-17,19,21-23,26H,3-4H2,1-2H3/t6-,8+,10-,11+,12-,13+,16-,17-,18+/m0/s1. The molecule has 174 valence electrons.